The smallest absolute Gasteiger partial charge is 0.262 e. The number of sulfonamides is 1. The molecular formula is C22H24FN5O4S. The molecule has 2 N–H and O–H groups in total. The van der Waals surface area contributed by atoms with E-state index in [0.29, 0.717) is 30.3 Å². The molecule has 1 aliphatic rings. The first-order valence-corrected chi connectivity index (χ1v) is 12.1. The van der Waals surface area contributed by atoms with Crippen LogP contribution in [-0.4, -0.2) is 41.3 Å². The van der Waals surface area contributed by atoms with Gasteiger partial charge in [-0.15, -0.1) is 0 Å². The quantitative estimate of drug-likeness (QED) is 0.530. The largest absolute Gasteiger partial charge is 0.277 e. The van der Waals surface area contributed by atoms with Crippen LogP contribution in [0.15, 0.2) is 58.2 Å². The fraction of sp³-hybridized carbons (Fsp3) is 0.318. The molecule has 2 aromatic carbocycles. The van der Waals surface area contributed by atoms with Gasteiger partial charge < -0.3 is 0 Å². The van der Waals surface area contributed by atoms with Crippen LogP contribution in [0.1, 0.15) is 19.8 Å². The van der Waals surface area contributed by atoms with Crippen molar-refractivity contribution in [2.75, 3.05) is 18.5 Å². The molecule has 9 nitrogen and oxygen atoms in total. The SMILES string of the molecule is CCn1c(NNC(=O)[C@H]2CCCN(S(=O)(=O)c3ccc(F)cc3)C2)nc2ccccc2c1=O. The Morgan fingerprint density at radius 3 is 2.64 bits per heavy atom. The van der Waals surface area contributed by atoms with Crippen molar-refractivity contribution in [1.82, 2.24) is 19.3 Å². The van der Waals surface area contributed by atoms with Gasteiger partial charge in [0, 0.05) is 19.6 Å². The third kappa shape index (κ3) is 4.60. The Kier molecular flexibility index (Phi) is 6.43. The highest BCUT2D eigenvalue weighted by molar-refractivity contribution is 7.89. The summed E-state index contributed by atoms with van der Waals surface area (Å²) in [6.45, 7) is 2.42. The summed E-state index contributed by atoms with van der Waals surface area (Å²) in [7, 11) is -3.84. The topological polar surface area (TPSA) is 113 Å². The summed E-state index contributed by atoms with van der Waals surface area (Å²) >= 11 is 0. The molecule has 1 saturated heterocycles. The van der Waals surface area contributed by atoms with Gasteiger partial charge in [0.25, 0.3) is 5.56 Å². The van der Waals surface area contributed by atoms with Crippen molar-refractivity contribution in [3.8, 4) is 0 Å². The molecule has 33 heavy (non-hydrogen) atoms. The summed E-state index contributed by atoms with van der Waals surface area (Å²) in [5.74, 6) is -1.33. The van der Waals surface area contributed by atoms with Crippen LogP contribution in [0.25, 0.3) is 10.9 Å². The second kappa shape index (κ2) is 9.28. The van der Waals surface area contributed by atoms with Gasteiger partial charge in [0.2, 0.25) is 21.9 Å². The third-order valence-electron chi connectivity index (χ3n) is 5.68. The van der Waals surface area contributed by atoms with Crippen LogP contribution in [0.3, 0.4) is 0 Å². The van der Waals surface area contributed by atoms with Gasteiger partial charge in [-0.3, -0.25) is 25.0 Å². The van der Waals surface area contributed by atoms with Crippen molar-refractivity contribution in [3.63, 3.8) is 0 Å². The second-order valence-corrected chi connectivity index (χ2v) is 9.71. The molecule has 0 spiro atoms. The Hall–Kier alpha value is -3.31. The van der Waals surface area contributed by atoms with Crippen LogP contribution in [0.4, 0.5) is 10.3 Å². The van der Waals surface area contributed by atoms with Gasteiger partial charge in [0.1, 0.15) is 5.82 Å². The molecule has 4 rings (SSSR count). The molecule has 2 heterocycles. The number of halogens is 1. The number of hydrogen-bond acceptors (Lipinski definition) is 6. The first-order valence-electron chi connectivity index (χ1n) is 10.6. The van der Waals surface area contributed by atoms with Crippen LogP contribution in [0, 0.1) is 11.7 Å². The monoisotopic (exact) mass is 473 g/mol. The summed E-state index contributed by atoms with van der Waals surface area (Å²) in [6, 6.07) is 11.5. The van der Waals surface area contributed by atoms with E-state index in [1.165, 1.54) is 21.0 Å². The van der Waals surface area contributed by atoms with Gasteiger partial charge in [-0.25, -0.2) is 17.8 Å². The summed E-state index contributed by atoms with van der Waals surface area (Å²) in [6.07, 6.45) is 1.01. The zero-order chi connectivity index (χ0) is 23.6. The number of hydrogen-bond donors (Lipinski definition) is 2. The molecule has 0 saturated carbocycles. The molecule has 174 valence electrons. The highest BCUT2D eigenvalue weighted by Crippen LogP contribution is 2.24. The molecule has 1 atom stereocenters. The molecule has 0 unspecified atom stereocenters. The van der Waals surface area contributed by atoms with Gasteiger partial charge >= 0.3 is 0 Å². The minimum atomic E-state index is -3.84. The van der Waals surface area contributed by atoms with Crippen LogP contribution in [0.5, 0.6) is 0 Å². The predicted octanol–water partition coefficient (Wildman–Crippen LogP) is 2.10. The number of rotatable bonds is 6. The standard InChI is InChI=1S/C22H24FN5O4S/c1-2-28-21(30)18-7-3-4-8-19(18)24-22(28)26-25-20(29)15-6-5-13-27(14-15)33(31,32)17-11-9-16(23)10-12-17/h3-4,7-12,15H,2,5-6,13-14H2,1H3,(H,24,26)(H,25,29)/t15-/m0/s1. The highest BCUT2D eigenvalue weighted by atomic mass is 32.2. The fourth-order valence-electron chi connectivity index (χ4n) is 3.91. The Balaban J connectivity index is 1.48. The Bertz CT molecular complexity index is 1340. The molecule has 1 fully saturated rings. The number of para-hydroxylation sites is 1. The molecule has 0 aliphatic carbocycles. The number of fused-ring (bicyclic) bond motifs is 1. The molecule has 0 radical (unpaired) electrons. The normalized spacial score (nSPS) is 17.1. The number of nitrogens with one attached hydrogen (secondary N) is 2. The zero-order valence-corrected chi connectivity index (χ0v) is 18.8. The minimum absolute atomic E-state index is 0.00104. The Labute approximate surface area is 190 Å². The lowest BCUT2D eigenvalue weighted by molar-refractivity contribution is -0.125. The number of carbonyl (C=O) groups is 1. The zero-order valence-electron chi connectivity index (χ0n) is 18.0. The molecule has 11 heteroatoms. The lowest BCUT2D eigenvalue weighted by atomic mass is 9.99. The van der Waals surface area contributed by atoms with Gasteiger partial charge in [-0.1, -0.05) is 12.1 Å². The summed E-state index contributed by atoms with van der Waals surface area (Å²) in [5, 5.41) is 0.477. The lowest BCUT2D eigenvalue weighted by Crippen LogP contribution is -2.47. The van der Waals surface area contributed by atoms with Crippen molar-refractivity contribution < 1.29 is 17.6 Å². The highest BCUT2D eigenvalue weighted by Gasteiger charge is 2.33. The minimum Gasteiger partial charge on any atom is -0.277 e. The molecular weight excluding hydrogens is 449 g/mol. The maximum atomic E-state index is 13.2. The maximum absolute atomic E-state index is 13.2. The first kappa shape index (κ1) is 22.9. The van der Waals surface area contributed by atoms with E-state index >= 15 is 0 Å². The molecule has 3 aromatic rings. The van der Waals surface area contributed by atoms with E-state index in [4.69, 9.17) is 0 Å². The van der Waals surface area contributed by atoms with Gasteiger partial charge in [0.15, 0.2) is 0 Å². The van der Waals surface area contributed by atoms with Crippen molar-refractivity contribution in [1.29, 1.82) is 0 Å². The number of hydrazine groups is 1. The van der Waals surface area contributed by atoms with E-state index in [9.17, 15) is 22.4 Å². The predicted molar refractivity (Wildman–Crippen MR) is 121 cm³/mol. The Morgan fingerprint density at radius 1 is 1.18 bits per heavy atom. The average Bonchev–Trinajstić information content (AvgIpc) is 2.83. The van der Waals surface area contributed by atoms with Crippen molar-refractivity contribution in [2.45, 2.75) is 31.2 Å². The third-order valence-corrected chi connectivity index (χ3v) is 7.56. The van der Waals surface area contributed by atoms with Crippen molar-refractivity contribution in [2.24, 2.45) is 5.92 Å². The van der Waals surface area contributed by atoms with Gasteiger partial charge in [0.05, 0.1) is 21.7 Å². The fourth-order valence-corrected chi connectivity index (χ4v) is 5.43. The molecule has 0 bridgehead atoms. The number of piperidine rings is 1. The molecule has 1 aromatic heterocycles. The van der Waals surface area contributed by atoms with E-state index < -0.39 is 27.7 Å². The van der Waals surface area contributed by atoms with Crippen LogP contribution < -0.4 is 16.4 Å². The van der Waals surface area contributed by atoms with Crippen LogP contribution in [0.2, 0.25) is 0 Å². The number of amides is 1. The van der Waals surface area contributed by atoms with Crippen molar-refractivity contribution >= 4 is 32.8 Å². The second-order valence-electron chi connectivity index (χ2n) is 7.77. The number of carbonyl (C=O) groups excluding carboxylic acids is 1. The molecule has 1 aliphatic heterocycles. The van der Waals surface area contributed by atoms with E-state index in [0.717, 1.165) is 12.1 Å². The van der Waals surface area contributed by atoms with Crippen molar-refractivity contribution in [3.05, 3.63) is 64.7 Å². The Morgan fingerprint density at radius 2 is 1.91 bits per heavy atom. The summed E-state index contributed by atoms with van der Waals surface area (Å²) < 4.78 is 41.6. The summed E-state index contributed by atoms with van der Waals surface area (Å²) in [4.78, 5) is 29.9. The van der Waals surface area contributed by atoms with Gasteiger partial charge in [-0.2, -0.15) is 4.31 Å². The van der Waals surface area contributed by atoms with Crippen LogP contribution in [-0.2, 0) is 21.4 Å². The first-order chi connectivity index (χ1) is 15.8. The van der Waals surface area contributed by atoms with E-state index in [1.54, 1.807) is 31.2 Å². The van der Waals surface area contributed by atoms with E-state index in [1.807, 2.05) is 0 Å². The number of benzene rings is 2. The van der Waals surface area contributed by atoms with E-state index in [2.05, 4.69) is 15.8 Å². The van der Waals surface area contributed by atoms with Gasteiger partial charge in [-0.05, 0) is 56.2 Å². The maximum Gasteiger partial charge on any atom is 0.262 e. The van der Waals surface area contributed by atoms with Crippen LogP contribution >= 0.6 is 0 Å². The number of aromatic nitrogens is 2. The number of nitrogens with zero attached hydrogens (tertiary/aromatic N) is 3. The van der Waals surface area contributed by atoms with E-state index in [-0.39, 0.29) is 29.5 Å². The number of anilines is 1. The summed E-state index contributed by atoms with van der Waals surface area (Å²) in [5.41, 5.74) is 5.57. The average molecular weight is 474 g/mol. The lowest BCUT2D eigenvalue weighted by Gasteiger charge is -2.31. The molecule has 1 amide bonds.